The van der Waals surface area contributed by atoms with E-state index in [-0.39, 0.29) is 17.4 Å². The van der Waals surface area contributed by atoms with E-state index >= 15 is 0 Å². The van der Waals surface area contributed by atoms with Crippen molar-refractivity contribution in [3.8, 4) is 5.75 Å². The minimum Gasteiger partial charge on any atom is -0.488 e. The number of carbonyl (C=O) groups is 1. The number of carbonyl (C=O) groups excluding carboxylic acids is 1. The zero-order valence-corrected chi connectivity index (χ0v) is 14.1. The van der Waals surface area contributed by atoms with Gasteiger partial charge >= 0.3 is 0 Å². The molecule has 1 amide bonds. The lowest BCUT2D eigenvalue weighted by molar-refractivity contribution is -0.141. The van der Waals surface area contributed by atoms with E-state index in [1.807, 2.05) is 56.0 Å². The van der Waals surface area contributed by atoms with E-state index < -0.39 is 0 Å². The number of para-hydroxylation sites is 1. The molecule has 0 saturated carbocycles. The molecule has 1 aliphatic rings. The molecule has 0 bridgehead atoms. The third kappa shape index (κ3) is 3.46. The fourth-order valence-corrected chi connectivity index (χ4v) is 3.00. The van der Waals surface area contributed by atoms with Crippen LogP contribution in [0.15, 0.2) is 36.5 Å². The molecule has 1 fully saturated rings. The molecule has 0 atom stereocenters. The van der Waals surface area contributed by atoms with E-state index in [2.05, 4.69) is 4.98 Å². The van der Waals surface area contributed by atoms with Crippen LogP contribution in [0.25, 0.3) is 10.9 Å². The maximum atomic E-state index is 12.3. The third-order valence-corrected chi connectivity index (χ3v) is 4.26. The minimum absolute atomic E-state index is 0.145. The highest BCUT2D eigenvalue weighted by Crippen LogP contribution is 2.27. The number of nitrogens with zero attached hydrogens (tertiary/aromatic N) is 2. The molecule has 4 nitrogen and oxygen atoms in total. The smallest absolute Gasteiger partial charge is 0.227 e. The zero-order chi connectivity index (χ0) is 16.4. The van der Waals surface area contributed by atoms with Crippen molar-refractivity contribution in [2.45, 2.75) is 39.7 Å². The molecular weight excluding hydrogens is 288 g/mol. The number of amides is 1. The first-order valence-electron chi connectivity index (χ1n) is 8.25. The van der Waals surface area contributed by atoms with Gasteiger partial charge in [0.25, 0.3) is 0 Å². The predicted molar refractivity (Wildman–Crippen MR) is 91.4 cm³/mol. The topological polar surface area (TPSA) is 42.4 Å². The first kappa shape index (κ1) is 15.8. The average molecular weight is 312 g/mol. The van der Waals surface area contributed by atoms with E-state index in [4.69, 9.17) is 4.74 Å². The Morgan fingerprint density at radius 3 is 2.57 bits per heavy atom. The number of benzene rings is 1. The second-order valence-electron chi connectivity index (χ2n) is 7.19. The number of hydrogen-bond donors (Lipinski definition) is 0. The maximum absolute atomic E-state index is 12.3. The molecule has 0 radical (unpaired) electrons. The normalized spacial score (nSPS) is 16.6. The summed E-state index contributed by atoms with van der Waals surface area (Å²) >= 11 is 0. The number of pyridine rings is 1. The molecule has 2 heterocycles. The van der Waals surface area contributed by atoms with Gasteiger partial charge < -0.3 is 9.64 Å². The highest BCUT2D eigenvalue weighted by molar-refractivity contribution is 5.84. The number of piperidine rings is 1. The van der Waals surface area contributed by atoms with Crippen LogP contribution in [0, 0.1) is 5.41 Å². The van der Waals surface area contributed by atoms with E-state index in [9.17, 15) is 4.79 Å². The van der Waals surface area contributed by atoms with Gasteiger partial charge in [0, 0.05) is 42.9 Å². The van der Waals surface area contributed by atoms with E-state index in [0.29, 0.717) is 0 Å². The van der Waals surface area contributed by atoms with Crippen LogP contribution < -0.4 is 4.74 Å². The van der Waals surface area contributed by atoms with Crippen molar-refractivity contribution in [2.24, 2.45) is 5.41 Å². The van der Waals surface area contributed by atoms with E-state index in [1.54, 1.807) is 6.20 Å². The summed E-state index contributed by atoms with van der Waals surface area (Å²) in [6.07, 6.45) is 3.67. The summed E-state index contributed by atoms with van der Waals surface area (Å²) in [5.74, 6) is 1.06. The van der Waals surface area contributed by atoms with Gasteiger partial charge in [-0.2, -0.15) is 0 Å². The molecule has 0 spiro atoms. The molecular formula is C19H24N2O2. The Morgan fingerprint density at radius 1 is 1.17 bits per heavy atom. The average Bonchev–Trinajstić information content (AvgIpc) is 2.54. The van der Waals surface area contributed by atoms with Gasteiger partial charge in [-0.25, -0.2) is 0 Å². The summed E-state index contributed by atoms with van der Waals surface area (Å²) in [4.78, 5) is 18.7. The Morgan fingerprint density at radius 2 is 1.87 bits per heavy atom. The van der Waals surface area contributed by atoms with E-state index in [1.165, 1.54) is 0 Å². The Balaban J connectivity index is 1.66. The molecule has 122 valence electrons. The largest absolute Gasteiger partial charge is 0.488 e. The number of rotatable bonds is 2. The number of ether oxygens (including phenoxy) is 1. The van der Waals surface area contributed by atoms with Gasteiger partial charge in [0.15, 0.2) is 0 Å². The molecule has 1 saturated heterocycles. The van der Waals surface area contributed by atoms with Crippen LogP contribution in [0.5, 0.6) is 5.75 Å². The van der Waals surface area contributed by atoms with Crippen molar-refractivity contribution in [1.82, 2.24) is 9.88 Å². The zero-order valence-electron chi connectivity index (χ0n) is 14.1. The quantitative estimate of drug-likeness (QED) is 0.850. The second kappa shape index (κ2) is 6.19. The third-order valence-electron chi connectivity index (χ3n) is 4.26. The monoisotopic (exact) mass is 312 g/mol. The number of fused-ring (bicyclic) bond motifs is 1. The molecule has 4 heteroatoms. The molecule has 23 heavy (non-hydrogen) atoms. The van der Waals surface area contributed by atoms with Crippen LogP contribution in [0.3, 0.4) is 0 Å². The summed E-state index contributed by atoms with van der Waals surface area (Å²) in [6, 6.07) is 9.99. The van der Waals surface area contributed by atoms with Gasteiger partial charge in [-0.15, -0.1) is 0 Å². The Hall–Kier alpha value is -2.10. The summed E-state index contributed by atoms with van der Waals surface area (Å²) in [5.41, 5.74) is 0.593. The van der Waals surface area contributed by atoms with Crippen molar-refractivity contribution in [1.29, 1.82) is 0 Å². The van der Waals surface area contributed by atoms with Gasteiger partial charge in [-0.05, 0) is 12.1 Å². The van der Waals surface area contributed by atoms with Gasteiger partial charge in [0.2, 0.25) is 5.91 Å². The second-order valence-corrected chi connectivity index (χ2v) is 7.19. The first-order valence-corrected chi connectivity index (χ1v) is 8.25. The minimum atomic E-state index is -0.312. The number of hydrogen-bond acceptors (Lipinski definition) is 3. The van der Waals surface area contributed by atoms with Crippen LogP contribution >= 0.6 is 0 Å². The lowest BCUT2D eigenvalue weighted by Gasteiger charge is -2.35. The summed E-state index contributed by atoms with van der Waals surface area (Å²) in [7, 11) is 0. The van der Waals surface area contributed by atoms with Gasteiger partial charge in [0.05, 0.1) is 0 Å². The van der Waals surface area contributed by atoms with Crippen molar-refractivity contribution in [3.63, 3.8) is 0 Å². The molecule has 0 unspecified atom stereocenters. The van der Waals surface area contributed by atoms with Gasteiger partial charge in [0.1, 0.15) is 17.4 Å². The van der Waals surface area contributed by atoms with Crippen LogP contribution in [0.2, 0.25) is 0 Å². The van der Waals surface area contributed by atoms with Crippen molar-refractivity contribution >= 4 is 16.8 Å². The van der Waals surface area contributed by atoms with Crippen LogP contribution in [0.1, 0.15) is 33.6 Å². The van der Waals surface area contributed by atoms with Crippen LogP contribution in [-0.4, -0.2) is 35.0 Å². The summed E-state index contributed by atoms with van der Waals surface area (Å²) in [5, 5.41) is 1.09. The highest BCUT2D eigenvalue weighted by atomic mass is 16.5. The Bertz CT molecular complexity index is 693. The fraction of sp³-hybridized carbons (Fsp3) is 0.474. The molecule has 2 aromatic rings. The summed E-state index contributed by atoms with van der Waals surface area (Å²) in [6.45, 7) is 7.44. The number of aromatic nitrogens is 1. The van der Waals surface area contributed by atoms with Crippen LogP contribution in [0.4, 0.5) is 0 Å². The Labute approximate surface area is 137 Å². The molecule has 0 aliphatic carbocycles. The predicted octanol–water partition coefficient (Wildman–Crippen LogP) is 3.65. The standard InChI is InChI=1S/C19H24N2O2/c1-19(2,3)18(22)21-12-9-15(10-13-21)23-16-8-4-6-14-7-5-11-20-17(14)16/h4-8,11,15H,9-10,12-13H2,1-3H3. The maximum Gasteiger partial charge on any atom is 0.227 e. The SMILES string of the molecule is CC(C)(C)C(=O)N1CCC(Oc2cccc3cccnc23)CC1. The van der Waals surface area contributed by atoms with Crippen molar-refractivity contribution in [3.05, 3.63) is 36.5 Å². The molecule has 1 aromatic heterocycles. The lowest BCUT2D eigenvalue weighted by Crippen LogP contribution is -2.46. The molecule has 1 aliphatic heterocycles. The van der Waals surface area contributed by atoms with Crippen molar-refractivity contribution < 1.29 is 9.53 Å². The first-order chi connectivity index (χ1) is 10.9. The molecule has 3 rings (SSSR count). The van der Waals surface area contributed by atoms with Crippen molar-refractivity contribution in [2.75, 3.05) is 13.1 Å². The fourth-order valence-electron chi connectivity index (χ4n) is 3.00. The molecule has 1 aromatic carbocycles. The summed E-state index contributed by atoms with van der Waals surface area (Å²) < 4.78 is 6.18. The van der Waals surface area contributed by atoms with Crippen LogP contribution in [-0.2, 0) is 4.79 Å². The number of likely N-dealkylation sites (tertiary alicyclic amines) is 1. The highest BCUT2D eigenvalue weighted by Gasteiger charge is 2.31. The molecule has 0 N–H and O–H groups in total. The van der Waals surface area contributed by atoms with E-state index in [0.717, 1.165) is 42.6 Å². The van der Waals surface area contributed by atoms with Gasteiger partial charge in [-0.1, -0.05) is 39.0 Å². The lowest BCUT2D eigenvalue weighted by atomic mass is 9.93. The van der Waals surface area contributed by atoms with Gasteiger partial charge in [-0.3, -0.25) is 9.78 Å². The Kier molecular flexibility index (Phi) is 4.24.